The number of aliphatic hydroxyl groups is 1. The van der Waals surface area contributed by atoms with E-state index in [1.807, 2.05) is 31.1 Å². The maximum Gasteiger partial charge on any atom is 0.290 e. The summed E-state index contributed by atoms with van der Waals surface area (Å²) in [6, 6.07) is 9.85. The van der Waals surface area contributed by atoms with Gasteiger partial charge in [-0.05, 0) is 44.4 Å². The maximum atomic E-state index is 13.0. The molecule has 0 saturated heterocycles. The predicted molar refractivity (Wildman–Crippen MR) is 108 cm³/mol. The highest BCUT2D eigenvalue weighted by Gasteiger charge is 2.43. The molecule has 2 heterocycles. The van der Waals surface area contributed by atoms with Crippen LogP contribution in [0.4, 0.5) is 0 Å². The molecule has 0 bridgehead atoms. The molecule has 0 spiro atoms. The lowest BCUT2D eigenvalue weighted by Gasteiger charge is -2.28. The number of rotatable bonds is 8. The van der Waals surface area contributed by atoms with Crippen molar-refractivity contribution in [3.8, 4) is 5.75 Å². The lowest BCUT2D eigenvalue weighted by molar-refractivity contribution is -0.129. The van der Waals surface area contributed by atoms with Crippen LogP contribution in [0.5, 0.6) is 5.75 Å². The van der Waals surface area contributed by atoms with Crippen LogP contribution < -0.4 is 4.74 Å². The molecule has 0 aliphatic carbocycles. The summed E-state index contributed by atoms with van der Waals surface area (Å²) in [6.45, 7) is 0.922. The van der Waals surface area contributed by atoms with Crippen LogP contribution in [0.15, 0.2) is 64.5 Å². The molecule has 0 saturated carbocycles. The molecule has 3 rings (SSSR count). The van der Waals surface area contributed by atoms with Gasteiger partial charge in [0.2, 0.25) is 0 Å². The van der Waals surface area contributed by atoms with Gasteiger partial charge in [0, 0.05) is 18.7 Å². The van der Waals surface area contributed by atoms with Crippen LogP contribution in [0, 0.1) is 0 Å². The van der Waals surface area contributed by atoms with Gasteiger partial charge >= 0.3 is 0 Å². The van der Waals surface area contributed by atoms with Gasteiger partial charge in [-0.1, -0.05) is 18.2 Å². The van der Waals surface area contributed by atoms with Crippen LogP contribution >= 0.6 is 0 Å². The van der Waals surface area contributed by atoms with Gasteiger partial charge in [-0.2, -0.15) is 0 Å². The van der Waals surface area contributed by atoms with Crippen LogP contribution in [0.2, 0.25) is 0 Å². The van der Waals surface area contributed by atoms with Crippen molar-refractivity contribution in [3.05, 3.63) is 71.4 Å². The van der Waals surface area contributed by atoms with Gasteiger partial charge in [-0.25, -0.2) is 0 Å². The Balaban J connectivity index is 2.03. The van der Waals surface area contributed by atoms with Gasteiger partial charge in [0.05, 0.1) is 25.0 Å². The molecule has 7 heteroatoms. The van der Waals surface area contributed by atoms with Gasteiger partial charge in [0.1, 0.15) is 11.5 Å². The summed E-state index contributed by atoms with van der Waals surface area (Å²) in [5.41, 5.74) is 0.668. The minimum absolute atomic E-state index is 0.0288. The second kappa shape index (κ2) is 8.79. The normalized spacial score (nSPS) is 17.0. The molecular weight excluding hydrogens is 372 g/mol. The molecule has 1 aliphatic heterocycles. The van der Waals surface area contributed by atoms with E-state index < -0.39 is 23.5 Å². The number of ketones is 1. The van der Waals surface area contributed by atoms with Crippen molar-refractivity contribution in [2.75, 3.05) is 34.3 Å². The van der Waals surface area contributed by atoms with Crippen molar-refractivity contribution in [1.82, 2.24) is 9.80 Å². The van der Waals surface area contributed by atoms with Crippen LogP contribution in [-0.2, 0) is 9.59 Å². The fourth-order valence-corrected chi connectivity index (χ4v) is 3.29. The molecule has 1 amide bonds. The number of carbonyl (C=O) groups excluding carboxylic acids is 2. The first-order valence-electron chi connectivity index (χ1n) is 9.21. The molecule has 152 valence electrons. The third-order valence-electron chi connectivity index (χ3n) is 4.73. The number of aliphatic hydroxyl groups excluding tert-OH is 1. The number of hydrogen-bond donors (Lipinski definition) is 1. The van der Waals surface area contributed by atoms with E-state index in [2.05, 4.69) is 0 Å². The van der Waals surface area contributed by atoms with Gasteiger partial charge in [-0.15, -0.1) is 0 Å². The predicted octanol–water partition coefficient (Wildman–Crippen LogP) is 2.83. The molecule has 1 aromatic carbocycles. The van der Waals surface area contributed by atoms with Gasteiger partial charge < -0.3 is 24.1 Å². The zero-order valence-corrected chi connectivity index (χ0v) is 16.7. The average Bonchev–Trinajstić information content (AvgIpc) is 3.32. The van der Waals surface area contributed by atoms with Gasteiger partial charge in [0.15, 0.2) is 11.5 Å². The van der Waals surface area contributed by atoms with E-state index in [4.69, 9.17) is 9.15 Å². The van der Waals surface area contributed by atoms with E-state index in [9.17, 15) is 14.7 Å². The Labute approximate surface area is 169 Å². The summed E-state index contributed by atoms with van der Waals surface area (Å²) < 4.78 is 10.7. The van der Waals surface area contributed by atoms with Crippen LogP contribution in [-0.4, -0.2) is 60.9 Å². The molecular formula is C22H24N2O5. The number of nitrogens with zero attached hydrogens (tertiary/aromatic N) is 2. The molecule has 1 atom stereocenters. The third kappa shape index (κ3) is 4.25. The van der Waals surface area contributed by atoms with Crippen LogP contribution in [0.25, 0.3) is 6.08 Å². The summed E-state index contributed by atoms with van der Waals surface area (Å²) in [7, 11) is 5.32. The lowest BCUT2D eigenvalue weighted by atomic mass is 9.95. The Morgan fingerprint density at radius 3 is 2.69 bits per heavy atom. The van der Waals surface area contributed by atoms with Crippen molar-refractivity contribution in [3.63, 3.8) is 0 Å². The van der Waals surface area contributed by atoms with Crippen LogP contribution in [0.3, 0.4) is 0 Å². The van der Waals surface area contributed by atoms with Crippen molar-refractivity contribution < 1.29 is 23.8 Å². The van der Waals surface area contributed by atoms with E-state index >= 15 is 0 Å². The molecule has 29 heavy (non-hydrogen) atoms. The minimum Gasteiger partial charge on any atom is -0.503 e. The molecule has 7 nitrogen and oxygen atoms in total. The first-order valence-corrected chi connectivity index (χ1v) is 9.21. The van der Waals surface area contributed by atoms with Crippen molar-refractivity contribution in [1.29, 1.82) is 0 Å². The first-order chi connectivity index (χ1) is 13.9. The number of likely N-dealkylation sites (N-methyl/N-ethyl adjacent to an activating group) is 1. The van der Waals surface area contributed by atoms with Crippen molar-refractivity contribution in [2.24, 2.45) is 0 Å². The standard InChI is InChI=1S/C22H24N2O5/c1-23(2)12-13-24-20(16-8-4-5-9-18(16)28-3)19(21(26)22(24)27)17(25)11-10-15-7-6-14-29-15/h4-11,14,20,26H,12-13H2,1-3H3/b11-10+. The fourth-order valence-electron chi connectivity index (χ4n) is 3.29. The molecule has 0 radical (unpaired) electrons. The number of amides is 1. The van der Waals surface area contributed by atoms with Crippen molar-refractivity contribution >= 4 is 17.8 Å². The summed E-state index contributed by atoms with van der Waals surface area (Å²) >= 11 is 0. The monoisotopic (exact) mass is 396 g/mol. The Morgan fingerprint density at radius 1 is 1.28 bits per heavy atom. The highest BCUT2D eigenvalue weighted by molar-refractivity contribution is 6.14. The Hall–Kier alpha value is -3.32. The summed E-state index contributed by atoms with van der Waals surface area (Å²) in [5, 5.41) is 10.6. The highest BCUT2D eigenvalue weighted by Crippen LogP contribution is 2.41. The number of methoxy groups -OCH3 is 1. The smallest absolute Gasteiger partial charge is 0.290 e. The van der Waals surface area contributed by atoms with Crippen molar-refractivity contribution in [2.45, 2.75) is 6.04 Å². The number of ether oxygens (including phenoxy) is 1. The first kappa shape index (κ1) is 20.4. The zero-order chi connectivity index (χ0) is 21.0. The lowest BCUT2D eigenvalue weighted by Crippen LogP contribution is -2.36. The third-order valence-corrected chi connectivity index (χ3v) is 4.73. The molecule has 0 fully saturated rings. The summed E-state index contributed by atoms with van der Waals surface area (Å²) in [5.74, 6) is -0.530. The minimum atomic E-state index is -0.743. The molecule has 1 aliphatic rings. The number of hydrogen-bond acceptors (Lipinski definition) is 6. The SMILES string of the molecule is COc1ccccc1C1C(C(=O)/C=C/c2ccco2)=C(O)C(=O)N1CCN(C)C. The molecule has 1 N–H and O–H groups in total. The topological polar surface area (TPSA) is 83.2 Å². The Bertz CT molecular complexity index is 944. The zero-order valence-electron chi connectivity index (χ0n) is 16.7. The molecule has 1 unspecified atom stereocenters. The van der Waals surface area contributed by atoms with E-state index in [-0.39, 0.29) is 5.57 Å². The van der Waals surface area contributed by atoms with Gasteiger partial charge in [0.25, 0.3) is 5.91 Å². The second-order valence-corrected chi connectivity index (χ2v) is 6.92. The highest BCUT2D eigenvalue weighted by atomic mass is 16.5. The fraction of sp³-hybridized carbons (Fsp3) is 0.273. The van der Waals surface area contributed by atoms with E-state index in [0.717, 1.165) is 0 Å². The maximum absolute atomic E-state index is 13.0. The quantitative estimate of drug-likeness (QED) is 0.691. The van der Waals surface area contributed by atoms with Gasteiger partial charge in [-0.3, -0.25) is 9.59 Å². The van der Waals surface area contributed by atoms with E-state index in [0.29, 0.717) is 30.2 Å². The van der Waals surface area contributed by atoms with E-state index in [1.54, 1.807) is 24.3 Å². The van der Waals surface area contributed by atoms with E-state index in [1.165, 1.54) is 30.4 Å². The Kier molecular flexibility index (Phi) is 6.19. The molecule has 1 aromatic heterocycles. The van der Waals surface area contributed by atoms with Crippen LogP contribution in [0.1, 0.15) is 17.4 Å². The number of para-hydroxylation sites is 1. The number of carbonyl (C=O) groups is 2. The summed E-state index contributed by atoms with van der Waals surface area (Å²) in [4.78, 5) is 29.2. The number of allylic oxidation sites excluding steroid dienone is 1. The average molecular weight is 396 g/mol. The largest absolute Gasteiger partial charge is 0.503 e. The molecule has 2 aromatic rings. The summed E-state index contributed by atoms with van der Waals surface area (Å²) in [6.07, 6.45) is 4.31. The Morgan fingerprint density at radius 2 is 2.03 bits per heavy atom. The second-order valence-electron chi connectivity index (χ2n) is 6.92. The number of furan rings is 1. The number of benzene rings is 1.